The van der Waals surface area contributed by atoms with E-state index in [4.69, 9.17) is 4.74 Å². The van der Waals surface area contributed by atoms with Gasteiger partial charge in [-0.25, -0.2) is 9.97 Å². The Hall–Kier alpha value is -3.40. The topological polar surface area (TPSA) is 47.0 Å². The molecule has 1 aromatic heterocycles. The fraction of sp³-hybridized carbons (Fsp3) is 0.130. The molecule has 4 heteroatoms. The van der Waals surface area contributed by atoms with Gasteiger partial charge in [0.15, 0.2) is 0 Å². The number of benzene rings is 3. The van der Waals surface area contributed by atoms with Gasteiger partial charge in [-0.05, 0) is 79.9 Å². The summed E-state index contributed by atoms with van der Waals surface area (Å²) in [6.07, 6.45) is 1.60. The van der Waals surface area contributed by atoms with Gasteiger partial charge in [0.2, 0.25) is 0 Å². The zero-order valence-corrected chi connectivity index (χ0v) is 15.7. The Morgan fingerprint density at radius 1 is 0.741 bits per heavy atom. The molecule has 4 aromatic rings. The zero-order valence-electron chi connectivity index (χ0n) is 15.7. The van der Waals surface area contributed by atoms with Crippen LogP contribution in [-0.4, -0.2) is 9.97 Å². The van der Waals surface area contributed by atoms with Crippen molar-refractivity contribution in [2.24, 2.45) is 0 Å². The number of fused-ring (bicyclic) bond motifs is 1. The number of hydrogen-bond acceptors (Lipinski definition) is 4. The van der Waals surface area contributed by atoms with Gasteiger partial charge >= 0.3 is 0 Å². The van der Waals surface area contributed by atoms with Gasteiger partial charge in [0.1, 0.15) is 23.6 Å². The van der Waals surface area contributed by atoms with Crippen LogP contribution in [0, 0.1) is 20.8 Å². The lowest BCUT2D eigenvalue weighted by Gasteiger charge is -2.13. The average molecular weight is 355 g/mol. The summed E-state index contributed by atoms with van der Waals surface area (Å²) in [5.41, 5.74) is 5.47. The highest BCUT2D eigenvalue weighted by molar-refractivity contribution is 5.91. The van der Waals surface area contributed by atoms with E-state index in [2.05, 4.69) is 48.2 Å². The normalized spacial score (nSPS) is 10.8. The lowest BCUT2D eigenvalue weighted by Crippen LogP contribution is -1.99. The first-order chi connectivity index (χ1) is 13.1. The monoisotopic (exact) mass is 355 g/mol. The summed E-state index contributed by atoms with van der Waals surface area (Å²) in [5, 5.41) is 4.46. The third kappa shape index (κ3) is 3.60. The van der Waals surface area contributed by atoms with Gasteiger partial charge in [-0.15, -0.1) is 0 Å². The summed E-state index contributed by atoms with van der Waals surface area (Å²) in [5.74, 6) is 2.44. The third-order valence-corrected chi connectivity index (χ3v) is 4.68. The van der Waals surface area contributed by atoms with Gasteiger partial charge in [-0.3, -0.25) is 0 Å². The lowest BCUT2D eigenvalue weighted by atomic mass is 10.1. The van der Waals surface area contributed by atoms with Crippen LogP contribution in [0.4, 0.5) is 11.5 Å². The van der Waals surface area contributed by atoms with Crippen molar-refractivity contribution < 1.29 is 4.74 Å². The molecule has 0 unspecified atom stereocenters. The Bertz CT molecular complexity index is 1110. The van der Waals surface area contributed by atoms with Crippen LogP contribution in [0.15, 0.2) is 67.0 Å². The Labute approximate surface area is 158 Å². The van der Waals surface area contributed by atoms with Crippen molar-refractivity contribution in [3.8, 4) is 11.5 Å². The van der Waals surface area contributed by atoms with Crippen LogP contribution >= 0.6 is 0 Å². The smallest absolute Gasteiger partial charge is 0.141 e. The van der Waals surface area contributed by atoms with Crippen LogP contribution < -0.4 is 10.1 Å². The summed E-state index contributed by atoms with van der Waals surface area (Å²) in [6.45, 7) is 6.26. The second-order valence-electron chi connectivity index (χ2n) is 6.69. The summed E-state index contributed by atoms with van der Waals surface area (Å²) < 4.78 is 5.91. The Kier molecular flexibility index (Phi) is 4.47. The molecule has 0 saturated carbocycles. The number of rotatable bonds is 4. The van der Waals surface area contributed by atoms with Gasteiger partial charge in [0, 0.05) is 11.1 Å². The highest BCUT2D eigenvalue weighted by Gasteiger charge is 2.08. The number of nitrogens with one attached hydrogen (secondary N) is 1. The SMILES string of the molecule is Cc1cc2ncnc(Nc3ccc(Oc4ccccc4)cc3C)c2cc1C. The molecule has 1 heterocycles. The van der Waals surface area contributed by atoms with E-state index in [1.54, 1.807) is 6.33 Å². The second kappa shape index (κ2) is 7.08. The number of anilines is 2. The molecule has 0 atom stereocenters. The number of para-hydroxylation sites is 1. The van der Waals surface area contributed by atoms with Crippen molar-refractivity contribution in [3.05, 3.63) is 83.7 Å². The van der Waals surface area contributed by atoms with Crippen molar-refractivity contribution in [2.45, 2.75) is 20.8 Å². The van der Waals surface area contributed by atoms with Crippen molar-refractivity contribution in [1.82, 2.24) is 9.97 Å². The summed E-state index contributed by atoms with van der Waals surface area (Å²) in [7, 11) is 0. The Morgan fingerprint density at radius 3 is 2.30 bits per heavy atom. The highest BCUT2D eigenvalue weighted by Crippen LogP contribution is 2.30. The van der Waals surface area contributed by atoms with Gasteiger partial charge in [-0.1, -0.05) is 18.2 Å². The first kappa shape index (κ1) is 17.0. The van der Waals surface area contributed by atoms with E-state index < -0.39 is 0 Å². The number of nitrogens with zero attached hydrogens (tertiary/aromatic N) is 2. The van der Waals surface area contributed by atoms with E-state index in [1.807, 2.05) is 48.5 Å². The van der Waals surface area contributed by atoms with Gasteiger partial charge in [-0.2, -0.15) is 0 Å². The maximum Gasteiger partial charge on any atom is 0.141 e. The van der Waals surface area contributed by atoms with Crippen molar-refractivity contribution in [1.29, 1.82) is 0 Å². The number of aromatic nitrogens is 2. The number of hydrogen-bond donors (Lipinski definition) is 1. The summed E-state index contributed by atoms with van der Waals surface area (Å²) >= 11 is 0. The standard InChI is InChI=1S/C23H21N3O/c1-15-12-20-22(13-16(15)2)24-14-25-23(20)26-21-10-9-19(11-17(21)3)27-18-7-5-4-6-8-18/h4-14H,1-3H3,(H,24,25,26). The molecule has 0 saturated heterocycles. The summed E-state index contributed by atoms with van der Waals surface area (Å²) in [6, 6.07) is 20.0. The molecule has 134 valence electrons. The Balaban J connectivity index is 1.63. The van der Waals surface area contributed by atoms with Gasteiger partial charge in [0.25, 0.3) is 0 Å². The van der Waals surface area contributed by atoms with Crippen LogP contribution in [0.2, 0.25) is 0 Å². The van der Waals surface area contributed by atoms with Crippen LogP contribution in [0.25, 0.3) is 10.9 Å². The van der Waals surface area contributed by atoms with Crippen molar-refractivity contribution in [3.63, 3.8) is 0 Å². The van der Waals surface area contributed by atoms with Crippen molar-refractivity contribution >= 4 is 22.4 Å². The molecular formula is C23H21N3O. The number of ether oxygens (including phenoxy) is 1. The molecule has 4 rings (SSSR count). The molecule has 0 aliphatic carbocycles. The molecule has 4 nitrogen and oxygen atoms in total. The summed E-state index contributed by atoms with van der Waals surface area (Å²) in [4.78, 5) is 8.85. The minimum atomic E-state index is 0.808. The average Bonchev–Trinajstić information content (AvgIpc) is 2.66. The lowest BCUT2D eigenvalue weighted by molar-refractivity contribution is 0.482. The van der Waals surface area contributed by atoms with Crippen LogP contribution in [0.3, 0.4) is 0 Å². The molecular weight excluding hydrogens is 334 g/mol. The highest BCUT2D eigenvalue weighted by atomic mass is 16.5. The first-order valence-corrected chi connectivity index (χ1v) is 8.93. The maximum atomic E-state index is 5.91. The van der Waals surface area contributed by atoms with E-state index in [0.717, 1.165) is 39.5 Å². The van der Waals surface area contributed by atoms with Gasteiger partial charge in [0.05, 0.1) is 5.52 Å². The minimum Gasteiger partial charge on any atom is -0.457 e. The predicted molar refractivity (Wildman–Crippen MR) is 110 cm³/mol. The number of aryl methyl sites for hydroxylation is 3. The van der Waals surface area contributed by atoms with Crippen LogP contribution in [0.5, 0.6) is 11.5 Å². The van der Waals surface area contributed by atoms with E-state index in [0.29, 0.717) is 0 Å². The van der Waals surface area contributed by atoms with Crippen LogP contribution in [-0.2, 0) is 0 Å². The maximum absolute atomic E-state index is 5.91. The van der Waals surface area contributed by atoms with E-state index in [1.165, 1.54) is 11.1 Å². The predicted octanol–water partition coefficient (Wildman–Crippen LogP) is 6.09. The minimum absolute atomic E-state index is 0.808. The first-order valence-electron chi connectivity index (χ1n) is 8.93. The fourth-order valence-corrected chi connectivity index (χ4v) is 3.01. The molecule has 0 amide bonds. The zero-order chi connectivity index (χ0) is 18.8. The van der Waals surface area contributed by atoms with Gasteiger partial charge < -0.3 is 10.1 Å². The molecule has 0 radical (unpaired) electrons. The van der Waals surface area contributed by atoms with E-state index in [-0.39, 0.29) is 0 Å². The third-order valence-electron chi connectivity index (χ3n) is 4.68. The molecule has 27 heavy (non-hydrogen) atoms. The molecule has 3 aromatic carbocycles. The largest absolute Gasteiger partial charge is 0.457 e. The second-order valence-corrected chi connectivity index (χ2v) is 6.69. The van der Waals surface area contributed by atoms with Crippen LogP contribution in [0.1, 0.15) is 16.7 Å². The fourth-order valence-electron chi connectivity index (χ4n) is 3.01. The molecule has 1 N–H and O–H groups in total. The van der Waals surface area contributed by atoms with E-state index in [9.17, 15) is 0 Å². The Morgan fingerprint density at radius 2 is 1.52 bits per heavy atom. The molecule has 0 aliphatic heterocycles. The van der Waals surface area contributed by atoms with Crippen molar-refractivity contribution in [2.75, 3.05) is 5.32 Å². The molecule has 0 bridgehead atoms. The molecule has 0 fully saturated rings. The molecule has 0 spiro atoms. The quantitative estimate of drug-likeness (QED) is 0.481. The molecule has 0 aliphatic rings. The van der Waals surface area contributed by atoms with E-state index >= 15 is 0 Å².